The monoisotopic (exact) mass is 413 g/mol. The molecule has 31 heavy (non-hydrogen) atoms. The Kier molecular flexibility index (Phi) is 5.62. The van der Waals surface area contributed by atoms with Crippen molar-refractivity contribution in [3.05, 3.63) is 118 Å². The van der Waals surface area contributed by atoms with Crippen LogP contribution in [0.15, 0.2) is 95.9 Å². The fourth-order valence-electron chi connectivity index (χ4n) is 3.25. The Hall–Kier alpha value is -4.19. The predicted molar refractivity (Wildman–Crippen MR) is 120 cm³/mol. The highest BCUT2D eigenvalue weighted by Gasteiger charge is 2.11. The molecule has 0 atom stereocenters. The lowest BCUT2D eigenvalue weighted by molar-refractivity contribution is 0.102. The van der Waals surface area contributed by atoms with Gasteiger partial charge in [-0.3, -0.25) is 9.59 Å². The van der Waals surface area contributed by atoms with Crippen molar-refractivity contribution in [1.82, 2.24) is 4.57 Å². The lowest BCUT2D eigenvalue weighted by atomic mass is 10.0. The smallest absolute Gasteiger partial charge is 0.257 e. The van der Waals surface area contributed by atoms with E-state index in [1.165, 1.54) is 35.0 Å². The van der Waals surface area contributed by atoms with Crippen LogP contribution in [-0.4, -0.2) is 10.5 Å². The third-order valence-electron chi connectivity index (χ3n) is 4.92. The van der Waals surface area contributed by atoms with Crippen molar-refractivity contribution in [2.24, 2.45) is 0 Å². The summed E-state index contributed by atoms with van der Waals surface area (Å²) in [6, 6.07) is 23.7. The predicted octanol–water partition coefficient (Wildman–Crippen LogP) is 4.54. The molecule has 0 saturated carbocycles. The number of amides is 1. The number of rotatable bonds is 5. The zero-order valence-corrected chi connectivity index (χ0v) is 16.6. The highest BCUT2D eigenvalue weighted by molar-refractivity contribution is 6.06. The maximum atomic E-state index is 13.2. The SMILES string of the molecule is Nc1ccc(-c2ccc(F)cc2)cc1NC(=O)c1ccc(=O)n(Cc2ccccc2)c1. The van der Waals surface area contributed by atoms with Gasteiger partial charge in [0.25, 0.3) is 11.5 Å². The van der Waals surface area contributed by atoms with Crippen LogP contribution in [0.4, 0.5) is 15.8 Å². The largest absolute Gasteiger partial charge is 0.397 e. The second-order valence-electron chi connectivity index (χ2n) is 7.13. The molecule has 3 N–H and O–H groups in total. The molecule has 0 fully saturated rings. The molecule has 0 radical (unpaired) electrons. The minimum Gasteiger partial charge on any atom is -0.397 e. The number of carbonyl (C=O) groups excluding carboxylic acids is 1. The number of nitrogen functional groups attached to an aromatic ring is 1. The summed E-state index contributed by atoms with van der Waals surface area (Å²) in [5.41, 5.74) is 9.57. The first kappa shape index (κ1) is 20.1. The van der Waals surface area contributed by atoms with E-state index in [9.17, 15) is 14.0 Å². The number of benzene rings is 3. The van der Waals surface area contributed by atoms with Crippen molar-refractivity contribution in [3.8, 4) is 11.1 Å². The van der Waals surface area contributed by atoms with Crippen molar-refractivity contribution in [2.45, 2.75) is 6.54 Å². The summed E-state index contributed by atoms with van der Waals surface area (Å²) >= 11 is 0. The summed E-state index contributed by atoms with van der Waals surface area (Å²) in [6.07, 6.45) is 1.53. The van der Waals surface area contributed by atoms with E-state index in [0.29, 0.717) is 23.5 Å². The average Bonchev–Trinajstić information content (AvgIpc) is 2.78. The first-order valence-electron chi connectivity index (χ1n) is 9.71. The molecule has 1 amide bonds. The van der Waals surface area contributed by atoms with E-state index in [1.807, 2.05) is 30.3 Å². The van der Waals surface area contributed by atoms with Crippen LogP contribution in [0.3, 0.4) is 0 Å². The highest BCUT2D eigenvalue weighted by atomic mass is 19.1. The van der Waals surface area contributed by atoms with Gasteiger partial charge in [-0.05, 0) is 47.0 Å². The molecule has 4 rings (SSSR count). The van der Waals surface area contributed by atoms with E-state index in [4.69, 9.17) is 5.73 Å². The number of nitrogens with one attached hydrogen (secondary N) is 1. The molecule has 0 aliphatic heterocycles. The minimum atomic E-state index is -0.384. The van der Waals surface area contributed by atoms with Gasteiger partial charge in [0.15, 0.2) is 0 Å². The van der Waals surface area contributed by atoms with Gasteiger partial charge in [0.2, 0.25) is 0 Å². The third-order valence-corrected chi connectivity index (χ3v) is 4.92. The number of hydrogen-bond acceptors (Lipinski definition) is 3. The lowest BCUT2D eigenvalue weighted by Crippen LogP contribution is -2.22. The number of aromatic nitrogens is 1. The van der Waals surface area contributed by atoms with Crippen LogP contribution in [0.5, 0.6) is 0 Å². The van der Waals surface area contributed by atoms with Gasteiger partial charge >= 0.3 is 0 Å². The first-order valence-corrected chi connectivity index (χ1v) is 9.71. The van der Waals surface area contributed by atoms with Gasteiger partial charge < -0.3 is 15.6 Å². The van der Waals surface area contributed by atoms with Crippen LogP contribution < -0.4 is 16.6 Å². The van der Waals surface area contributed by atoms with Crippen molar-refractivity contribution in [2.75, 3.05) is 11.1 Å². The number of pyridine rings is 1. The Bertz CT molecular complexity index is 1280. The minimum absolute atomic E-state index is 0.196. The molecule has 0 aliphatic carbocycles. The molecule has 1 aromatic heterocycles. The van der Waals surface area contributed by atoms with Gasteiger partial charge in [-0.15, -0.1) is 0 Å². The van der Waals surface area contributed by atoms with E-state index in [2.05, 4.69) is 5.32 Å². The maximum Gasteiger partial charge on any atom is 0.257 e. The molecule has 4 aromatic rings. The molecule has 0 bridgehead atoms. The molecule has 5 nitrogen and oxygen atoms in total. The van der Waals surface area contributed by atoms with Crippen LogP contribution >= 0.6 is 0 Å². The van der Waals surface area contributed by atoms with Crippen LogP contribution in [0.1, 0.15) is 15.9 Å². The Morgan fingerprint density at radius 2 is 1.61 bits per heavy atom. The number of nitrogens with zero attached hydrogens (tertiary/aromatic N) is 1. The first-order chi connectivity index (χ1) is 15.0. The van der Waals surface area contributed by atoms with E-state index >= 15 is 0 Å². The Morgan fingerprint density at radius 3 is 2.35 bits per heavy atom. The van der Waals surface area contributed by atoms with E-state index in [1.54, 1.807) is 30.3 Å². The van der Waals surface area contributed by atoms with Crippen LogP contribution in [0.2, 0.25) is 0 Å². The molecule has 0 saturated heterocycles. The Balaban J connectivity index is 1.58. The summed E-state index contributed by atoms with van der Waals surface area (Å²) in [7, 11) is 0. The van der Waals surface area contributed by atoms with Gasteiger partial charge in [0.05, 0.1) is 23.5 Å². The maximum absolute atomic E-state index is 13.2. The normalized spacial score (nSPS) is 10.6. The number of nitrogens with two attached hydrogens (primary N) is 1. The number of halogens is 1. The fraction of sp³-hybridized carbons (Fsp3) is 0.0400. The summed E-state index contributed by atoms with van der Waals surface area (Å²) in [4.78, 5) is 25.1. The molecule has 0 unspecified atom stereocenters. The fourth-order valence-corrected chi connectivity index (χ4v) is 3.25. The van der Waals surface area contributed by atoms with Gasteiger partial charge in [-0.2, -0.15) is 0 Å². The quantitative estimate of drug-likeness (QED) is 0.472. The third kappa shape index (κ3) is 4.70. The number of anilines is 2. The van der Waals surface area contributed by atoms with Crippen molar-refractivity contribution in [3.63, 3.8) is 0 Å². The van der Waals surface area contributed by atoms with Crippen LogP contribution in [0, 0.1) is 5.82 Å². The topological polar surface area (TPSA) is 77.1 Å². The summed E-state index contributed by atoms with van der Waals surface area (Å²) in [5.74, 6) is -0.705. The molecule has 1 heterocycles. The number of hydrogen-bond donors (Lipinski definition) is 2. The lowest BCUT2D eigenvalue weighted by Gasteiger charge is -2.12. The summed E-state index contributed by atoms with van der Waals surface area (Å²) in [5, 5.41) is 2.81. The Morgan fingerprint density at radius 1 is 0.903 bits per heavy atom. The molecule has 6 heteroatoms. The Labute approximate surface area is 178 Å². The summed E-state index contributed by atoms with van der Waals surface area (Å²) < 4.78 is 14.7. The second-order valence-corrected chi connectivity index (χ2v) is 7.13. The zero-order chi connectivity index (χ0) is 21.8. The van der Waals surface area contributed by atoms with E-state index in [-0.39, 0.29) is 17.3 Å². The van der Waals surface area contributed by atoms with Crippen LogP contribution in [-0.2, 0) is 6.54 Å². The van der Waals surface area contributed by atoms with Gasteiger partial charge in [-0.1, -0.05) is 48.5 Å². The molecular weight excluding hydrogens is 393 g/mol. The van der Waals surface area contributed by atoms with Gasteiger partial charge in [-0.25, -0.2) is 4.39 Å². The van der Waals surface area contributed by atoms with E-state index in [0.717, 1.165) is 16.7 Å². The molecule has 3 aromatic carbocycles. The van der Waals surface area contributed by atoms with Gasteiger partial charge in [0, 0.05) is 12.3 Å². The molecule has 154 valence electrons. The highest BCUT2D eigenvalue weighted by Crippen LogP contribution is 2.27. The second kappa shape index (κ2) is 8.67. The molecular formula is C25H20FN3O2. The number of carbonyl (C=O) groups is 1. The standard InChI is InChI=1S/C25H20FN3O2/c26-21-10-6-18(7-11-21)19-8-12-22(27)23(14-19)28-25(31)20-9-13-24(30)29(16-20)15-17-4-2-1-3-5-17/h1-14,16H,15,27H2,(H,28,31). The van der Waals surface area contributed by atoms with Crippen molar-refractivity contribution >= 4 is 17.3 Å². The molecule has 0 spiro atoms. The average molecular weight is 413 g/mol. The van der Waals surface area contributed by atoms with Crippen LogP contribution in [0.25, 0.3) is 11.1 Å². The zero-order valence-electron chi connectivity index (χ0n) is 16.6. The van der Waals surface area contributed by atoms with Gasteiger partial charge in [0.1, 0.15) is 5.82 Å². The summed E-state index contributed by atoms with van der Waals surface area (Å²) in [6.45, 7) is 0.364. The molecule has 0 aliphatic rings. The van der Waals surface area contributed by atoms with Crippen molar-refractivity contribution < 1.29 is 9.18 Å². The van der Waals surface area contributed by atoms with E-state index < -0.39 is 0 Å². The van der Waals surface area contributed by atoms with Crippen molar-refractivity contribution in [1.29, 1.82) is 0 Å².